The van der Waals surface area contributed by atoms with Gasteiger partial charge in [-0.25, -0.2) is 0 Å². The Morgan fingerprint density at radius 1 is 0.408 bits per heavy atom. The summed E-state index contributed by atoms with van der Waals surface area (Å²) >= 11 is 0. The fourth-order valence-electron chi connectivity index (χ4n) is 5.19. The van der Waals surface area contributed by atoms with Crippen LogP contribution in [0.25, 0.3) is 0 Å². The average molecular weight is 701 g/mol. The van der Waals surface area contributed by atoms with Crippen LogP contribution in [0.2, 0.25) is 0 Å². The predicted octanol–water partition coefficient (Wildman–Crippen LogP) is 12.3. The maximum Gasteiger partial charge on any atom is 0.305 e. The Labute approximate surface area is 305 Å². The molecule has 0 aromatic carbocycles. The number of rotatable bonds is 36. The van der Waals surface area contributed by atoms with E-state index in [1.165, 1.54) is 109 Å². The molecule has 0 radical (unpaired) electrons. The van der Waals surface area contributed by atoms with Crippen molar-refractivity contribution in [2.24, 2.45) is 0 Å². The molecule has 0 fully saturated rings. The quantitative estimate of drug-likeness (QED) is 0.0365. The van der Waals surface area contributed by atoms with E-state index >= 15 is 0 Å². The van der Waals surface area contributed by atoms with Crippen LogP contribution in [0.4, 0.5) is 0 Å². The van der Waals surface area contributed by atoms with Crippen molar-refractivity contribution in [3.63, 3.8) is 0 Å². The standard InChI is InChI=1S/C22H44O3.C18H34O3.C2H6O/c1-3-5-7-8-13-16-19-24-20-17-14-11-9-10-12-15-18-22(23)25-21-6-4-2;1-2-3-4-5-11-14-17-21-18(20)15-12-9-7-6-8-10-13-16-19;1-3-2/h3-21H2,1-2H3;16H,2-15,17H2,1H3;1-2H3. The third-order valence-corrected chi connectivity index (χ3v) is 8.29. The summed E-state index contributed by atoms with van der Waals surface area (Å²) < 4.78 is 20.3. The van der Waals surface area contributed by atoms with Crippen LogP contribution < -0.4 is 0 Å². The van der Waals surface area contributed by atoms with Crippen LogP contribution in [-0.2, 0) is 33.3 Å². The molecule has 0 aliphatic rings. The van der Waals surface area contributed by atoms with Crippen molar-refractivity contribution in [2.45, 2.75) is 213 Å². The first-order chi connectivity index (χ1) is 24.0. The van der Waals surface area contributed by atoms with Crippen molar-refractivity contribution in [3.05, 3.63) is 0 Å². The lowest BCUT2D eigenvalue weighted by Gasteiger charge is -2.05. The molecule has 0 amide bonds. The zero-order valence-electron chi connectivity index (χ0n) is 33.5. The Balaban J connectivity index is -0.000000809. The number of hydrogen-bond donors (Lipinski definition) is 0. The fourth-order valence-corrected chi connectivity index (χ4v) is 5.19. The molecule has 0 aromatic heterocycles. The van der Waals surface area contributed by atoms with Crippen LogP contribution in [0, 0.1) is 0 Å². The Bertz CT molecular complexity index is 626. The summed E-state index contributed by atoms with van der Waals surface area (Å²) in [6.07, 6.45) is 35.1. The highest BCUT2D eigenvalue weighted by atomic mass is 16.5. The van der Waals surface area contributed by atoms with E-state index in [2.05, 4.69) is 25.5 Å². The molecule has 0 heterocycles. The van der Waals surface area contributed by atoms with Crippen LogP contribution in [0.5, 0.6) is 0 Å². The molecule has 0 atom stereocenters. The van der Waals surface area contributed by atoms with E-state index in [1.807, 2.05) is 0 Å². The number of methoxy groups -OCH3 is 1. The van der Waals surface area contributed by atoms with E-state index in [4.69, 9.17) is 14.2 Å². The summed E-state index contributed by atoms with van der Waals surface area (Å²) in [5.74, 6) is -0.0551. The van der Waals surface area contributed by atoms with Crippen LogP contribution in [-0.4, -0.2) is 58.9 Å². The SMILES string of the molecule is CCCCCCCCOC(=O)CCCCCCCCC=O.CCCCCCCCOCCCCCCCCCC(=O)OCCCC.COC. The number of ether oxygens (including phenoxy) is 4. The number of esters is 2. The maximum atomic E-state index is 11.5. The summed E-state index contributed by atoms with van der Waals surface area (Å²) in [5, 5.41) is 0. The first-order valence-electron chi connectivity index (χ1n) is 20.8. The lowest BCUT2D eigenvalue weighted by molar-refractivity contribution is -0.144. The second kappa shape index (κ2) is 50.9. The molecule has 0 rings (SSSR count). The summed E-state index contributed by atoms with van der Waals surface area (Å²) in [6.45, 7) is 9.64. The van der Waals surface area contributed by atoms with Gasteiger partial charge in [-0.3, -0.25) is 9.59 Å². The minimum atomic E-state index is -0.0375. The zero-order valence-corrected chi connectivity index (χ0v) is 33.5. The lowest BCUT2D eigenvalue weighted by atomic mass is 10.1. The molecule has 7 nitrogen and oxygen atoms in total. The van der Waals surface area contributed by atoms with E-state index in [0.717, 1.165) is 83.7 Å². The second-order valence-corrected chi connectivity index (χ2v) is 13.4. The highest BCUT2D eigenvalue weighted by Crippen LogP contribution is 2.11. The summed E-state index contributed by atoms with van der Waals surface area (Å²) in [7, 11) is 3.25. The van der Waals surface area contributed by atoms with Gasteiger partial charge < -0.3 is 23.7 Å². The van der Waals surface area contributed by atoms with Crippen molar-refractivity contribution in [1.82, 2.24) is 0 Å². The molecule has 49 heavy (non-hydrogen) atoms. The molecule has 0 aliphatic carbocycles. The first-order valence-corrected chi connectivity index (χ1v) is 20.8. The first kappa shape index (κ1) is 51.9. The van der Waals surface area contributed by atoms with Gasteiger partial charge in [-0.15, -0.1) is 0 Å². The maximum absolute atomic E-state index is 11.5. The number of carbonyl (C=O) groups is 3. The van der Waals surface area contributed by atoms with E-state index in [9.17, 15) is 14.4 Å². The Kier molecular flexibility index (Phi) is 53.9. The van der Waals surface area contributed by atoms with Gasteiger partial charge in [0.25, 0.3) is 0 Å². The molecule has 0 saturated carbocycles. The Hall–Kier alpha value is -1.47. The van der Waals surface area contributed by atoms with Crippen molar-refractivity contribution in [3.8, 4) is 0 Å². The summed E-state index contributed by atoms with van der Waals surface area (Å²) in [5.41, 5.74) is 0. The van der Waals surface area contributed by atoms with Crippen molar-refractivity contribution in [2.75, 3.05) is 40.6 Å². The number of carbonyl (C=O) groups excluding carboxylic acids is 3. The van der Waals surface area contributed by atoms with Gasteiger partial charge in [0.05, 0.1) is 13.2 Å². The number of hydrogen-bond acceptors (Lipinski definition) is 7. The molecule has 0 unspecified atom stereocenters. The molecule has 0 aromatic rings. The van der Waals surface area contributed by atoms with Crippen LogP contribution in [0.3, 0.4) is 0 Å². The third kappa shape index (κ3) is 56.2. The van der Waals surface area contributed by atoms with Gasteiger partial charge in [0.15, 0.2) is 0 Å². The highest BCUT2D eigenvalue weighted by molar-refractivity contribution is 5.69. The topological polar surface area (TPSA) is 88.1 Å². The van der Waals surface area contributed by atoms with Crippen molar-refractivity contribution >= 4 is 18.2 Å². The molecule has 294 valence electrons. The minimum Gasteiger partial charge on any atom is -0.466 e. The van der Waals surface area contributed by atoms with Gasteiger partial charge in [0.2, 0.25) is 0 Å². The van der Waals surface area contributed by atoms with E-state index in [-0.39, 0.29) is 11.9 Å². The number of aldehydes is 1. The van der Waals surface area contributed by atoms with Gasteiger partial charge in [0.1, 0.15) is 6.29 Å². The Morgan fingerprint density at radius 3 is 1.10 bits per heavy atom. The fraction of sp³-hybridized carbons (Fsp3) is 0.929. The van der Waals surface area contributed by atoms with Gasteiger partial charge in [-0.2, -0.15) is 0 Å². The molecule has 0 aliphatic heterocycles. The zero-order chi connectivity index (χ0) is 36.7. The average Bonchev–Trinajstić information content (AvgIpc) is 3.09. The highest BCUT2D eigenvalue weighted by Gasteiger charge is 2.03. The summed E-state index contributed by atoms with van der Waals surface area (Å²) in [6, 6.07) is 0. The van der Waals surface area contributed by atoms with E-state index in [0.29, 0.717) is 32.5 Å². The molecular weight excluding hydrogens is 616 g/mol. The van der Waals surface area contributed by atoms with E-state index in [1.54, 1.807) is 14.2 Å². The van der Waals surface area contributed by atoms with E-state index < -0.39 is 0 Å². The molecule has 0 saturated heterocycles. The predicted molar refractivity (Wildman–Crippen MR) is 207 cm³/mol. The molecule has 7 heteroatoms. The number of unbranched alkanes of at least 4 members (excludes halogenated alkanes) is 23. The molecular formula is C42H84O7. The molecule has 0 N–H and O–H groups in total. The van der Waals surface area contributed by atoms with Crippen LogP contribution in [0.15, 0.2) is 0 Å². The smallest absolute Gasteiger partial charge is 0.305 e. The normalized spacial score (nSPS) is 10.5. The van der Waals surface area contributed by atoms with Crippen LogP contribution >= 0.6 is 0 Å². The second-order valence-electron chi connectivity index (χ2n) is 13.4. The van der Waals surface area contributed by atoms with Crippen molar-refractivity contribution < 1.29 is 33.3 Å². The van der Waals surface area contributed by atoms with Crippen molar-refractivity contribution in [1.29, 1.82) is 0 Å². The largest absolute Gasteiger partial charge is 0.466 e. The monoisotopic (exact) mass is 701 g/mol. The summed E-state index contributed by atoms with van der Waals surface area (Å²) in [4.78, 5) is 33.1. The molecule has 0 bridgehead atoms. The lowest BCUT2D eigenvalue weighted by Crippen LogP contribution is -2.05. The van der Waals surface area contributed by atoms with Crippen LogP contribution in [0.1, 0.15) is 213 Å². The van der Waals surface area contributed by atoms with Gasteiger partial charge in [-0.05, 0) is 44.9 Å². The van der Waals surface area contributed by atoms with Gasteiger partial charge >= 0.3 is 11.9 Å². The van der Waals surface area contributed by atoms with Gasteiger partial charge in [-0.1, -0.05) is 149 Å². The third-order valence-electron chi connectivity index (χ3n) is 8.29. The molecule has 0 spiro atoms. The van der Waals surface area contributed by atoms with Gasteiger partial charge in [0, 0.05) is 46.7 Å². The Morgan fingerprint density at radius 2 is 0.714 bits per heavy atom. The minimum absolute atomic E-state index is 0.0176.